The Kier molecular flexibility index (Phi) is 3.74. The fraction of sp³-hybridized carbons (Fsp3) is 0.0833. The fourth-order valence-corrected chi connectivity index (χ4v) is 1.49. The lowest BCUT2D eigenvalue weighted by Gasteiger charge is -2.04. The van der Waals surface area contributed by atoms with E-state index in [4.69, 9.17) is 16.3 Å². The summed E-state index contributed by atoms with van der Waals surface area (Å²) >= 11 is 5.67. The van der Waals surface area contributed by atoms with Crippen LogP contribution in [0.1, 0.15) is 5.56 Å². The predicted molar refractivity (Wildman–Crippen MR) is 67.0 cm³/mol. The van der Waals surface area contributed by atoms with E-state index in [0.29, 0.717) is 17.5 Å². The normalized spacial score (nSPS) is 10.1. The Morgan fingerprint density at radius 3 is 2.44 bits per heavy atom. The Bertz CT molecular complexity index is 540. The number of hydrogen-bond donors (Lipinski definition) is 0. The highest BCUT2D eigenvalue weighted by molar-refractivity contribution is 6.17. The van der Waals surface area contributed by atoms with Crippen molar-refractivity contribution in [3.05, 3.63) is 58.3 Å². The molecule has 1 heterocycles. The average molecular weight is 265 g/mol. The molecule has 0 aliphatic rings. The highest BCUT2D eigenvalue weighted by atomic mass is 35.5. The molecule has 0 aliphatic carbocycles. The Labute approximate surface area is 108 Å². The maximum Gasteiger partial charge on any atom is 0.287 e. The van der Waals surface area contributed by atoms with Gasteiger partial charge in [0.25, 0.3) is 5.69 Å². The lowest BCUT2D eigenvalue weighted by molar-refractivity contribution is -0.385. The van der Waals surface area contributed by atoms with Crippen LogP contribution in [0, 0.1) is 10.1 Å². The summed E-state index contributed by atoms with van der Waals surface area (Å²) in [4.78, 5) is 13.8. The molecule has 0 radical (unpaired) electrons. The van der Waals surface area contributed by atoms with Gasteiger partial charge >= 0.3 is 0 Å². The van der Waals surface area contributed by atoms with Gasteiger partial charge in [0.05, 0.1) is 4.92 Å². The van der Waals surface area contributed by atoms with Crippen LogP contribution in [0.5, 0.6) is 11.6 Å². The zero-order chi connectivity index (χ0) is 13.0. The van der Waals surface area contributed by atoms with E-state index in [2.05, 4.69) is 4.98 Å². The van der Waals surface area contributed by atoms with Gasteiger partial charge < -0.3 is 4.74 Å². The molecule has 0 amide bonds. The minimum Gasteiger partial charge on any atom is -0.439 e. The molecule has 5 nitrogen and oxygen atoms in total. The van der Waals surface area contributed by atoms with Crippen molar-refractivity contribution in [1.82, 2.24) is 4.98 Å². The van der Waals surface area contributed by atoms with Gasteiger partial charge in [-0.25, -0.2) is 4.98 Å². The first-order chi connectivity index (χ1) is 8.69. The summed E-state index contributed by atoms with van der Waals surface area (Å²) in [5.74, 6) is 1.35. The van der Waals surface area contributed by atoms with Gasteiger partial charge in [0.15, 0.2) is 0 Å². The highest BCUT2D eigenvalue weighted by Gasteiger charge is 2.06. The van der Waals surface area contributed by atoms with Gasteiger partial charge in [-0.2, -0.15) is 0 Å². The molecule has 2 aromatic rings. The Morgan fingerprint density at radius 1 is 1.22 bits per heavy atom. The van der Waals surface area contributed by atoms with Gasteiger partial charge in [-0.3, -0.25) is 10.1 Å². The molecule has 18 heavy (non-hydrogen) atoms. The molecular weight excluding hydrogens is 256 g/mol. The number of rotatable bonds is 4. The maximum absolute atomic E-state index is 10.5. The second kappa shape index (κ2) is 5.46. The largest absolute Gasteiger partial charge is 0.439 e. The van der Waals surface area contributed by atoms with Gasteiger partial charge in [0.2, 0.25) is 5.88 Å². The lowest BCUT2D eigenvalue weighted by atomic mass is 10.2. The van der Waals surface area contributed by atoms with Crippen molar-refractivity contribution in [1.29, 1.82) is 0 Å². The standard InChI is InChI=1S/C12H9ClN2O3/c13-7-9-1-4-11(5-2-9)18-12-6-3-10(8-14-12)15(16)17/h1-6,8H,7H2. The summed E-state index contributed by atoms with van der Waals surface area (Å²) < 4.78 is 5.44. The van der Waals surface area contributed by atoms with Crippen molar-refractivity contribution in [2.45, 2.75) is 5.88 Å². The SMILES string of the molecule is O=[N+]([O-])c1ccc(Oc2ccc(CCl)cc2)nc1. The van der Waals surface area contributed by atoms with E-state index in [-0.39, 0.29) is 5.69 Å². The molecule has 0 aliphatic heterocycles. The molecule has 0 unspecified atom stereocenters. The molecule has 0 fully saturated rings. The van der Waals surface area contributed by atoms with Crippen LogP contribution in [-0.2, 0) is 5.88 Å². The third-order valence-electron chi connectivity index (χ3n) is 2.23. The quantitative estimate of drug-likeness (QED) is 0.481. The van der Waals surface area contributed by atoms with Crippen LogP contribution in [0.4, 0.5) is 5.69 Å². The fourth-order valence-electron chi connectivity index (χ4n) is 1.31. The van der Waals surface area contributed by atoms with E-state index in [9.17, 15) is 10.1 Å². The molecule has 0 N–H and O–H groups in total. The van der Waals surface area contributed by atoms with Crippen LogP contribution in [0.25, 0.3) is 0 Å². The Hall–Kier alpha value is -2.14. The van der Waals surface area contributed by atoms with E-state index in [1.807, 2.05) is 12.1 Å². The molecule has 0 saturated heterocycles. The first-order valence-electron chi connectivity index (χ1n) is 5.12. The molecule has 1 aromatic carbocycles. The molecule has 0 atom stereocenters. The number of ether oxygens (including phenoxy) is 1. The number of hydrogen-bond acceptors (Lipinski definition) is 4. The van der Waals surface area contributed by atoms with Crippen molar-refractivity contribution in [3.8, 4) is 11.6 Å². The Balaban J connectivity index is 2.10. The summed E-state index contributed by atoms with van der Waals surface area (Å²) in [7, 11) is 0. The number of benzene rings is 1. The van der Waals surface area contributed by atoms with Gasteiger partial charge in [-0.15, -0.1) is 11.6 Å². The monoisotopic (exact) mass is 264 g/mol. The molecule has 2 rings (SSSR count). The first kappa shape index (κ1) is 12.3. The molecular formula is C12H9ClN2O3. The minimum absolute atomic E-state index is 0.0696. The summed E-state index contributed by atoms with van der Waals surface area (Å²) in [5.41, 5.74) is 0.917. The van der Waals surface area contributed by atoms with Crippen LogP contribution >= 0.6 is 11.6 Å². The van der Waals surface area contributed by atoms with Gasteiger partial charge in [-0.05, 0) is 17.7 Å². The van der Waals surface area contributed by atoms with Crippen LogP contribution < -0.4 is 4.74 Å². The van der Waals surface area contributed by atoms with Crippen molar-refractivity contribution < 1.29 is 9.66 Å². The third kappa shape index (κ3) is 2.95. The van der Waals surface area contributed by atoms with E-state index < -0.39 is 4.92 Å². The lowest BCUT2D eigenvalue weighted by Crippen LogP contribution is -1.91. The van der Waals surface area contributed by atoms with Gasteiger partial charge in [-0.1, -0.05) is 12.1 Å². The first-order valence-corrected chi connectivity index (χ1v) is 5.65. The number of aromatic nitrogens is 1. The molecule has 0 spiro atoms. The van der Waals surface area contributed by atoms with E-state index in [1.165, 1.54) is 12.1 Å². The highest BCUT2D eigenvalue weighted by Crippen LogP contribution is 2.21. The summed E-state index contributed by atoms with van der Waals surface area (Å²) in [6.07, 6.45) is 1.16. The van der Waals surface area contributed by atoms with Gasteiger partial charge in [0, 0.05) is 18.0 Å². The smallest absolute Gasteiger partial charge is 0.287 e. The van der Waals surface area contributed by atoms with Crippen LogP contribution in [0.15, 0.2) is 42.6 Å². The van der Waals surface area contributed by atoms with E-state index in [1.54, 1.807) is 12.1 Å². The van der Waals surface area contributed by atoms with E-state index in [0.717, 1.165) is 11.8 Å². The van der Waals surface area contributed by atoms with Crippen molar-refractivity contribution in [3.63, 3.8) is 0 Å². The van der Waals surface area contributed by atoms with Crippen LogP contribution in [0.3, 0.4) is 0 Å². The topological polar surface area (TPSA) is 65.3 Å². The van der Waals surface area contributed by atoms with Crippen LogP contribution in [0.2, 0.25) is 0 Å². The minimum atomic E-state index is -0.508. The van der Waals surface area contributed by atoms with Crippen molar-refractivity contribution in [2.75, 3.05) is 0 Å². The number of pyridine rings is 1. The number of nitro groups is 1. The van der Waals surface area contributed by atoms with Crippen molar-refractivity contribution in [2.24, 2.45) is 0 Å². The number of alkyl halides is 1. The summed E-state index contributed by atoms with van der Waals surface area (Å²) in [6, 6.07) is 10.0. The summed E-state index contributed by atoms with van der Waals surface area (Å²) in [6.45, 7) is 0. The molecule has 0 saturated carbocycles. The maximum atomic E-state index is 10.5. The predicted octanol–water partition coefficient (Wildman–Crippen LogP) is 3.52. The summed E-state index contributed by atoms with van der Waals surface area (Å²) in [5, 5.41) is 10.5. The van der Waals surface area contributed by atoms with Crippen molar-refractivity contribution >= 4 is 17.3 Å². The van der Waals surface area contributed by atoms with Gasteiger partial charge in [0.1, 0.15) is 11.9 Å². The molecule has 0 bridgehead atoms. The zero-order valence-electron chi connectivity index (χ0n) is 9.25. The molecule has 92 valence electrons. The Morgan fingerprint density at radius 2 is 1.94 bits per heavy atom. The van der Waals surface area contributed by atoms with E-state index >= 15 is 0 Å². The number of nitrogens with zero attached hydrogens (tertiary/aromatic N) is 2. The molecule has 6 heteroatoms. The molecule has 1 aromatic heterocycles. The third-order valence-corrected chi connectivity index (χ3v) is 2.54. The van der Waals surface area contributed by atoms with Crippen LogP contribution in [-0.4, -0.2) is 9.91 Å². The number of halogens is 1. The average Bonchev–Trinajstić information content (AvgIpc) is 2.40. The second-order valence-electron chi connectivity index (χ2n) is 3.49. The second-order valence-corrected chi connectivity index (χ2v) is 3.76. The zero-order valence-corrected chi connectivity index (χ0v) is 10.0.